The molecule has 1 amide bonds. The summed E-state index contributed by atoms with van der Waals surface area (Å²) in [6.45, 7) is 6.03. The topological polar surface area (TPSA) is 90.3 Å². The predicted molar refractivity (Wildman–Crippen MR) is 135 cm³/mol. The molecule has 1 N–H and O–H groups in total. The third-order valence-electron chi connectivity index (χ3n) is 5.64. The highest BCUT2D eigenvalue weighted by atomic mass is 32.2. The Bertz CT molecular complexity index is 1340. The van der Waals surface area contributed by atoms with Crippen LogP contribution in [0.2, 0.25) is 0 Å². The number of amides is 1. The first-order valence-electron chi connectivity index (χ1n) is 10.9. The van der Waals surface area contributed by atoms with Gasteiger partial charge in [0.25, 0.3) is 16.0 Å². The molecule has 1 aliphatic heterocycles. The van der Waals surface area contributed by atoms with E-state index in [1.54, 1.807) is 0 Å². The number of rotatable bonds is 7. The largest absolute Gasteiger partial charge is 0.372 e. The molecule has 3 aromatic rings. The quantitative estimate of drug-likeness (QED) is 0.398. The zero-order chi connectivity index (χ0) is 24.3. The second-order valence-corrected chi connectivity index (χ2v) is 9.14. The van der Waals surface area contributed by atoms with Crippen molar-refractivity contribution < 1.29 is 17.8 Å². The van der Waals surface area contributed by atoms with E-state index >= 15 is 0 Å². The summed E-state index contributed by atoms with van der Waals surface area (Å²) >= 11 is 0. The Kier molecular flexibility index (Phi) is 6.63. The first-order valence-corrected chi connectivity index (χ1v) is 12.4. The summed E-state index contributed by atoms with van der Waals surface area (Å²) < 4.78 is 32.0. The van der Waals surface area contributed by atoms with Crippen molar-refractivity contribution in [1.29, 1.82) is 0 Å². The van der Waals surface area contributed by atoms with Crippen molar-refractivity contribution in [3.05, 3.63) is 95.6 Å². The second-order valence-electron chi connectivity index (χ2n) is 7.72. The molecule has 7 nitrogen and oxygen atoms in total. The Morgan fingerprint density at radius 1 is 0.912 bits per heavy atom. The fourth-order valence-electron chi connectivity index (χ4n) is 3.83. The van der Waals surface area contributed by atoms with Gasteiger partial charge < -0.3 is 4.90 Å². The maximum absolute atomic E-state index is 13.4. The van der Waals surface area contributed by atoms with Gasteiger partial charge in [0.15, 0.2) is 0 Å². The molecule has 1 heterocycles. The van der Waals surface area contributed by atoms with Gasteiger partial charge in [0.05, 0.1) is 16.2 Å². The molecule has 3 aromatic carbocycles. The molecule has 34 heavy (non-hydrogen) atoms. The number of hydrogen-bond acceptors (Lipinski definition) is 5. The van der Waals surface area contributed by atoms with Crippen LogP contribution in [0.25, 0.3) is 6.08 Å². The number of carbonyl (C=O) groups excluding carboxylic acids is 1. The molecule has 4 rings (SSSR count). The van der Waals surface area contributed by atoms with Crippen LogP contribution in [0, 0.1) is 0 Å². The highest BCUT2D eigenvalue weighted by Crippen LogP contribution is 2.29. The molecular formula is C26H25N3O4S. The van der Waals surface area contributed by atoms with Gasteiger partial charge in [-0.05, 0) is 61.9 Å². The number of carbonyl (C=O) groups is 1. The van der Waals surface area contributed by atoms with Crippen molar-refractivity contribution in [1.82, 2.24) is 0 Å². The maximum Gasteiger partial charge on any atom is 0.294 e. The van der Waals surface area contributed by atoms with Crippen molar-refractivity contribution in [2.75, 3.05) is 23.0 Å². The zero-order valence-electron chi connectivity index (χ0n) is 18.9. The van der Waals surface area contributed by atoms with Gasteiger partial charge >= 0.3 is 0 Å². The van der Waals surface area contributed by atoms with Crippen LogP contribution in [0.1, 0.15) is 25.0 Å². The van der Waals surface area contributed by atoms with E-state index in [1.165, 1.54) is 29.3 Å². The van der Waals surface area contributed by atoms with Gasteiger partial charge in [0.2, 0.25) is 0 Å². The number of anilines is 2. The van der Waals surface area contributed by atoms with Gasteiger partial charge in [-0.15, -0.1) is 0 Å². The van der Waals surface area contributed by atoms with Crippen LogP contribution in [0.4, 0.5) is 11.4 Å². The lowest BCUT2D eigenvalue weighted by atomic mass is 10.00. The fourth-order valence-corrected chi connectivity index (χ4v) is 4.31. The first kappa shape index (κ1) is 23.4. The van der Waals surface area contributed by atoms with Gasteiger partial charge in [0.1, 0.15) is 5.71 Å². The van der Waals surface area contributed by atoms with Crippen molar-refractivity contribution in [2.45, 2.75) is 18.7 Å². The average molecular weight is 476 g/mol. The van der Waals surface area contributed by atoms with Crippen LogP contribution in [0.5, 0.6) is 0 Å². The van der Waals surface area contributed by atoms with Crippen molar-refractivity contribution in [2.24, 2.45) is 5.10 Å². The molecule has 0 aliphatic carbocycles. The minimum atomic E-state index is -4.33. The Morgan fingerprint density at radius 2 is 1.53 bits per heavy atom. The first-order chi connectivity index (χ1) is 16.3. The normalized spacial score (nSPS) is 15.0. The van der Waals surface area contributed by atoms with E-state index < -0.39 is 10.1 Å². The smallest absolute Gasteiger partial charge is 0.294 e. The Balaban J connectivity index is 1.73. The lowest BCUT2D eigenvalue weighted by Gasteiger charge is -2.20. The maximum atomic E-state index is 13.4. The fraction of sp³-hybridized carbons (Fsp3) is 0.154. The van der Waals surface area contributed by atoms with E-state index in [2.05, 4.69) is 23.8 Å². The highest BCUT2D eigenvalue weighted by molar-refractivity contribution is 7.85. The number of hydrogen-bond donors (Lipinski definition) is 1. The van der Waals surface area contributed by atoms with Crippen LogP contribution in [-0.2, 0) is 14.9 Å². The lowest BCUT2D eigenvalue weighted by Crippen LogP contribution is -2.21. The molecular weight excluding hydrogens is 450 g/mol. The average Bonchev–Trinajstić information content (AvgIpc) is 3.17. The molecule has 1 aliphatic rings. The molecule has 0 atom stereocenters. The number of nitrogens with zero attached hydrogens (tertiary/aromatic N) is 3. The Morgan fingerprint density at radius 3 is 2.09 bits per heavy atom. The van der Waals surface area contributed by atoms with Crippen molar-refractivity contribution in [3.63, 3.8) is 0 Å². The molecule has 0 aromatic heterocycles. The number of hydrazone groups is 1. The third kappa shape index (κ3) is 4.78. The number of benzene rings is 3. The van der Waals surface area contributed by atoms with Gasteiger partial charge in [-0.2, -0.15) is 18.5 Å². The van der Waals surface area contributed by atoms with E-state index in [0.717, 1.165) is 29.9 Å². The standard InChI is InChI=1S/C26H25N3O4S/c1-3-28(4-2)21-12-10-19(11-13-21)18-24-25(20-8-6-5-7-9-20)27-29(26(24)30)22-14-16-23(17-15-22)34(31,32)33/h5-18H,3-4H2,1-2H3,(H,31,32,33). The summed E-state index contributed by atoms with van der Waals surface area (Å²) in [5.41, 5.74) is 4.12. The van der Waals surface area contributed by atoms with Crippen molar-refractivity contribution in [3.8, 4) is 0 Å². The minimum Gasteiger partial charge on any atom is -0.372 e. The van der Waals surface area contributed by atoms with Gasteiger partial charge in [0, 0.05) is 24.3 Å². The SMILES string of the molecule is CCN(CC)c1ccc(C=C2C(=O)N(c3ccc(S(=O)(=O)O)cc3)N=C2c2ccccc2)cc1. The van der Waals surface area contributed by atoms with Gasteiger partial charge in [-0.1, -0.05) is 42.5 Å². The molecule has 8 heteroatoms. The summed E-state index contributed by atoms with van der Waals surface area (Å²) in [5.74, 6) is -0.328. The second kappa shape index (κ2) is 9.62. The van der Waals surface area contributed by atoms with Crippen LogP contribution in [-0.4, -0.2) is 37.7 Å². The summed E-state index contributed by atoms with van der Waals surface area (Å²) in [5, 5.41) is 5.81. The van der Waals surface area contributed by atoms with Crippen LogP contribution < -0.4 is 9.91 Å². The van der Waals surface area contributed by atoms with Crippen LogP contribution in [0.15, 0.2) is 94.4 Å². The minimum absolute atomic E-state index is 0.251. The lowest BCUT2D eigenvalue weighted by molar-refractivity contribution is -0.114. The summed E-state index contributed by atoms with van der Waals surface area (Å²) in [6.07, 6.45) is 1.81. The van der Waals surface area contributed by atoms with Crippen LogP contribution in [0.3, 0.4) is 0 Å². The molecule has 0 saturated heterocycles. The Hall–Kier alpha value is -3.75. The third-order valence-corrected chi connectivity index (χ3v) is 6.50. The molecule has 0 unspecified atom stereocenters. The highest BCUT2D eigenvalue weighted by Gasteiger charge is 2.32. The van der Waals surface area contributed by atoms with Crippen molar-refractivity contribution >= 4 is 39.2 Å². The summed E-state index contributed by atoms with van der Waals surface area (Å²) in [6, 6.07) is 22.8. The molecule has 0 fully saturated rings. The monoisotopic (exact) mass is 475 g/mol. The van der Waals surface area contributed by atoms with E-state index in [1.807, 2.05) is 60.7 Å². The Labute approximate surface area is 199 Å². The summed E-state index contributed by atoms with van der Waals surface area (Å²) in [4.78, 5) is 15.4. The molecule has 174 valence electrons. The van der Waals surface area contributed by atoms with E-state index in [4.69, 9.17) is 0 Å². The summed E-state index contributed by atoms with van der Waals surface area (Å²) in [7, 11) is -4.33. The predicted octanol–water partition coefficient (Wildman–Crippen LogP) is 4.61. The molecule has 0 bridgehead atoms. The van der Waals surface area contributed by atoms with Gasteiger partial charge in [-0.25, -0.2) is 0 Å². The van der Waals surface area contributed by atoms with Gasteiger partial charge in [-0.3, -0.25) is 9.35 Å². The molecule has 0 saturated carbocycles. The van der Waals surface area contributed by atoms with E-state index in [-0.39, 0.29) is 10.8 Å². The molecule has 0 spiro atoms. The van der Waals surface area contributed by atoms with Crippen LogP contribution >= 0.6 is 0 Å². The molecule has 0 radical (unpaired) electrons. The van der Waals surface area contributed by atoms with E-state index in [9.17, 15) is 17.8 Å². The van der Waals surface area contributed by atoms with E-state index in [0.29, 0.717) is 17.0 Å². The zero-order valence-corrected chi connectivity index (χ0v) is 19.7.